The van der Waals surface area contributed by atoms with E-state index in [-0.39, 0.29) is 5.91 Å². The first-order valence-electron chi connectivity index (χ1n) is 6.82. The molecule has 2 amide bonds. The molecule has 112 valence electrons. The summed E-state index contributed by atoms with van der Waals surface area (Å²) in [6.07, 6.45) is 5.75. The average Bonchev–Trinajstić information content (AvgIpc) is 3.17. The topological polar surface area (TPSA) is 103 Å². The van der Waals surface area contributed by atoms with Crippen LogP contribution in [0, 0.1) is 0 Å². The molecule has 0 fully saturated rings. The van der Waals surface area contributed by atoms with Crippen LogP contribution < -0.4 is 10.6 Å². The van der Waals surface area contributed by atoms with Gasteiger partial charge in [-0.1, -0.05) is 18.2 Å². The van der Waals surface area contributed by atoms with Crippen LogP contribution in [0.15, 0.2) is 43.0 Å². The van der Waals surface area contributed by atoms with Crippen molar-refractivity contribution in [3.63, 3.8) is 0 Å². The SMILES string of the molecule is O=CNC(Cc1c[nH]c2ccccc12)C(=O)Nc1cnc[nH]1. The number of nitrogens with one attached hydrogen (secondary N) is 4. The van der Waals surface area contributed by atoms with Gasteiger partial charge in [-0.2, -0.15) is 0 Å². The fourth-order valence-corrected chi connectivity index (χ4v) is 2.37. The van der Waals surface area contributed by atoms with Crippen LogP contribution in [0.4, 0.5) is 5.82 Å². The number of aromatic amines is 2. The molecule has 0 spiro atoms. The van der Waals surface area contributed by atoms with Crippen molar-refractivity contribution in [2.24, 2.45) is 0 Å². The van der Waals surface area contributed by atoms with E-state index in [9.17, 15) is 9.59 Å². The number of rotatable bonds is 6. The standard InChI is InChI=1S/C15H15N5O2/c21-9-19-13(15(22)20-14-7-16-8-18-14)5-10-6-17-12-4-2-1-3-11(10)12/h1-4,6-9,13,17H,5H2,(H,16,18)(H,19,21)(H,20,22). The minimum absolute atomic E-state index is 0.304. The van der Waals surface area contributed by atoms with Gasteiger partial charge in [0.2, 0.25) is 12.3 Å². The predicted octanol–water partition coefficient (Wildman–Crippen LogP) is 1.19. The van der Waals surface area contributed by atoms with Crippen molar-refractivity contribution in [3.8, 4) is 0 Å². The Morgan fingerprint density at radius 2 is 2.18 bits per heavy atom. The Balaban J connectivity index is 1.79. The van der Waals surface area contributed by atoms with Gasteiger partial charge < -0.3 is 20.6 Å². The fourth-order valence-electron chi connectivity index (χ4n) is 2.37. The van der Waals surface area contributed by atoms with Crippen molar-refractivity contribution in [1.29, 1.82) is 0 Å². The van der Waals surface area contributed by atoms with Crippen LogP contribution in [0.5, 0.6) is 0 Å². The molecule has 3 rings (SSSR count). The summed E-state index contributed by atoms with van der Waals surface area (Å²) < 4.78 is 0. The Morgan fingerprint density at radius 3 is 2.95 bits per heavy atom. The Kier molecular flexibility index (Phi) is 3.86. The molecule has 0 aliphatic rings. The third-order valence-electron chi connectivity index (χ3n) is 3.44. The molecule has 0 bridgehead atoms. The second-order valence-corrected chi connectivity index (χ2v) is 4.86. The van der Waals surface area contributed by atoms with Crippen molar-refractivity contribution >= 4 is 29.0 Å². The van der Waals surface area contributed by atoms with E-state index in [1.807, 2.05) is 30.5 Å². The highest BCUT2D eigenvalue weighted by Gasteiger charge is 2.20. The summed E-state index contributed by atoms with van der Waals surface area (Å²) in [7, 11) is 0. The quantitative estimate of drug-likeness (QED) is 0.514. The Bertz CT molecular complexity index is 778. The van der Waals surface area contributed by atoms with E-state index >= 15 is 0 Å². The maximum atomic E-state index is 12.3. The summed E-state index contributed by atoms with van der Waals surface area (Å²) >= 11 is 0. The third-order valence-corrected chi connectivity index (χ3v) is 3.44. The van der Waals surface area contributed by atoms with Crippen LogP contribution in [-0.4, -0.2) is 33.3 Å². The molecule has 0 saturated heterocycles. The molecular formula is C15H15N5O2. The molecule has 0 radical (unpaired) electrons. The summed E-state index contributed by atoms with van der Waals surface area (Å²) in [6.45, 7) is 0. The lowest BCUT2D eigenvalue weighted by atomic mass is 10.0. The minimum atomic E-state index is -0.667. The van der Waals surface area contributed by atoms with Crippen molar-refractivity contribution in [2.45, 2.75) is 12.5 Å². The molecule has 0 aliphatic carbocycles. The van der Waals surface area contributed by atoms with Gasteiger partial charge in [-0.15, -0.1) is 0 Å². The zero-order chi connectivity index (χ0) is 15.4. The minimum Gasteiger partial charge on any atom is -0.361 e. The van der Waals surface area contributed by atoms with Gasteiger partial charge >= 0.3 is 0 Å². The third kappa shape index (κ3) is 2.83. The number of nitrogens with zero attached hydrogens (tertiary/aromatic N) is 1. The molecule has 0 aliphatic heterocycles. The second kappa shape index (κ2) is 6.13. The molecule has 2 heterocycles. The second-order valence-electron chi connectivity index (χ2n) is 4.86. The molecule has 22 heavy (non-hydrogen) atoms. The number of benzene rings is 1. The van der Waals surface area contributed by atoms with Crippen LogP contribution in [0.1, 0.15) is 5.56 Å². The van der Waals surface area contributed by atoms with E-state index in [1.165, 1.54) is 12.5 Å². The van der Waals surface area contributed by atoms with Crippen LogP contribution in [0.25, 0.3) is 10.9 Å². The number of carbonyl (C=O) groups excluding carboxylic acids is 2. The van der Waals surface area contributed by atoms with Crippen molar-refractivity contribution in [2.75, 3.05) is 5.32 Å². The highest BCUT2D eigenvalue weighted by Crippen LogP contribution is 2.19. The Labute approximate surface area is 126 Å². The Morgan fingerprint density at radius 1 is 1.32 bits per heavy atom. The number of amides is 2. The lowest BCUT2D eigenvalue weighted by molar-refractivity contribution is -0.121. The molecule has 7 nitrogen and oxygen atoms in total. The van der Waals surface area contributed by atoms with E-state index in [0.29, 0.717) is 18.6 Å². The first-order chi connectivity index (χ1) is 10.8. The molecule has 1 atom stereocenters. The van der Waals surface area contributed by atoms with Crippen LogP contribution in [0.2, 0.25) is 0 Å². The maximum absolute atomic E-state index is 12.3. The largest absolute Gasteiger partial charge is 0.361 e. The van der Waals surface area contributed by atoms with Gasteiger partial charge in [0.05, 0.1) is 12.5 Å². The van der Waals surface area contributed by atoms with E-state index in [2.05, 4.69) is 25.6 Å². The van der Waals surface area contributed by atoms with Gasteiger partial charge in [-0.3, -0.25) is 9.59 Å². The molecule has 4 N–H and O–H groups in total. The number of fused-ring (bicyclic) bond motifs is 1. The molecule has 0 saturated carbocycles. The predicted molar refractivity (Wildman–Crippen MR) is 82.2 cm³/mol. The van der Waals surface area contributed by atoms with Crippen molar-refractivity contribution in [1.82, 2.24) is 20.3 Å². The van der Waals surface area contributed by atoms with Gasteiger partial charge in [-0.05, 0) is 11.6 Å². The van der Waals surface area contributed by atoms with Gasteiger partial charge in [0, 0.05) is 23.5 Å². The van der Waals surface area contributed by atoms with Gasteiger partial charge in [0.1, 0.15) is 11.9 Å². The first kappa shape index (κ1) is 13.9. The van der Waals surface area contributed by atoms with Gasteiger partial charge in [0.15, 0.2) is 0 Å². The fraction of sp³-hybridized carbons (Fsp3) is 0.133. The lowest BCUT2D eigenvalue weighted by Crippen LogP contribution is -2.41. The van der Waals surface area contributed by atoms with E-state index < -0.39 is 6.04 Å². The zero-order valence-electron chi connectivity index (χ0n) is 11.7. The number of aromatic nitrogens is 3. The average molecular weight is 297 g/mol. The zero-order valence-corrected chi connectivity index (χ0v) is 11.7. The molecule has 3 aromatic rings. The molecule has 1 unspecified atom stereocenters. The summed E-state index contributed by atoms with van der Waals surface area (Å²) in [5, 5.41) is 6.27. The molecular weight excluding hydrogens is 282 g/mol. The van der Waals surface area contributed by atoms with E-state index in [1.54, 1.807) is 0 Å². The number of H-pyrrole nitrogens is 2. The summed E-state index contributed by atoms with van der Waals surface area (Å²) in [4.78, 5) is 32.8. The first-order valence-corrected chi connectivity index (χ1v) is 6.82. The van der Waals surface area contributed by atoms with Crippen LogP contribution >= 0.6 is 0 Å². The van der Waals surface area contributed by atoms with Crippen LogP contribution in [0.3, 0.4) is 0 Å². The molecule has 7 heteroatoms. The number of hydrogen-bond acceptors (Lipinski definition) is 3. The van der Waals surface area contributed by atoms with Crippen molar-refractivity contribution < 1.29 is 9.59 Å². The number of carbonyl (C=O) groups is 2. The van der Waals surface area contributed by atoms with Gasteiger partial charge in [0.25, 0.3) is 0 Å². The monoisotopic (exact) mass is 297 g/mol. The number of imidazole rings is 1. The van der Waals surface area contributed by atoms with Crippen molar-refractivity contribution in [3.05, 3.63) is 48.5 Å². The highest BCUT2D eigenvalue weighted by atomic mass is 16.2. The summed E-state index contributed by atoms with van der Waals surface area (Å²) in [6, 6.07) is 7.15. The van der Waals surface area contributed by atoms with E-state index in [4.69, 9.17) is 0 Å². The Hall–Kier alpha value is -3.09. The number of anilines is 1. The van der Waals surface area contributed by atoms with E-state index in [0.717, 1.165) is 16.5 Å². The number of para-hydroxylation sites is 1. The highest BCUT2D eigenvalue weighted by molar-refractivity contribution is 5.95. The summed E-state index contributed by atoms with van der Waals surface area (Å²) in [5.74, 6) is 0.184. The number of hydrogen-bond donors (Lipinski definition) is 4. The molecule has 2 aromatic heterocycles. The normalized spacial score (nSPS) is 12.0. The maximum Gasteiger partial charge on any atom is 0.248 e. The molecule has 1 aromatic carbocycles. The smallest absolute Gasteiger partial charge is 0.248 e. The summed E-state index contributed by atoms with van der Waals surface area (Å²) in [5.41, 5.74) is 1.96. The lowest BCUT2D eigenvalue weighted by Gasteiger charge is -2.14. The van der Waals surface area contributed by atoms with Crippen LogP contribution in [-0.2, 0) is 16.0 Å². The van der Waals surface area contributed by atoms with Gasteiger partial charge in [-0.25, -0.2) is 4.98 Å².